The number of thiazole rings is 1. The van der Waals surface area contributed by atoms with Crippen molar-refractivity contribution in [1.82, 2.24) is 14.9 Å². The second-order valence-corrected chi connectivity index (χ2v) is 7.24. The lowest BCUT2D eigenvalue weighted by atomic mass is 10.1. The number of amides is 2. The molecule has 7 heteroatoms. The molecule has 0 radical (unpaired) electrons. The molecule has 1 saturated heterocycles. The predicted octanol–water partition coefficient (Wildman–Crippen LogP) is 2.40. The van der Waals surface area contributed by atoms with Crippen LogP contribution in [0, 0.1) is 11.8 Å². The minimum Gasteiger partial charge on any atom is -0.342 e. The molecule has 124 valence electrons. The molecule has 1 aliphatic heterocycles. The maximum absolute atomic E-state index is 12.4. The van der Waals surface area contributed by atoms with Gasteiger partial charge in [0.2, 0.25) is 11.8 Å². The fourth-order valence-electron chi connectivity index (χ4n) is 2.91. The van der Waals surface area contributed by atoms with Gasteiger partial charge in [-0.2, -0.15) is 0 Å². The molecule has 4 rings (SSSR count). The molecule has 1 saturated carbocycles. The third-order valence-corrected chi connectivity index (χ3v) is 5.18. The Hall–Kier alpha value is -2.28. The third kappa shape index (κ3) is 3.31. The van der Waals surface area contributed by atoms with Crippen molar-refractivity contribution in [2.75, 3.05) is 18.4 Å². The monoisotopic (exact) mass is 342 g/mol. The normalized spacial score (nSPS) is 20.4. The zero-order valence-corrected chi connectivity index (χ0v) is 14.0. The van der Waals surface area contributed by atoms with Gasteiger partial charge < -0.3 is 10.2 Å². The van der Waals surface area contributed by atoms with Crippen molar-refractivity contribution in [1.29, 1.82) is 0 Å². The lowest BCUT2D eigenvalue weighted by Gasteiger charge is -2.15. The first kappa shape index (κ1) is 15.3. The summed E-state index contributed by atoms with van der Waals surface area (Å²) in [6.07, 6.45) is 4.43. The fourth-order valence-corrected chi connectivity index (χ4v) is 3.61. The Balaban J connectivity index is 1.38. The van der Waals surface area contributed by atoms with E-state index in [1.165, 1.54) is 24.2 Å². The van der Waals surface area contributed by atoms with E-state index < -0.39 is 0 Å². The van der Waals surface area contributed by atoms with Crippen molar-refractivity contribution in [3.05, 3.63) is 29.8 Å². The summed E-state index contributed by atoms with van der Waals surface area (Å²) in [4.78, 5) is 34.9. The first-order valence-electron chi connectivity index (χ1n) is 8.14. The van der Waals surface area contributed by atoms with E-state index in [0.717, 1.165) is 17.9 Å². The first-order valence-corrected chi connectivity index (χ1v) is 9.02. The Morgan fingerprint density at radius 2 is 2.21 bits per heavy atom. The summed E-state index contributed by atoms with van der Waals surface area (Å²) in [6, 6.07) is 5.63. The van der Waals surface area contributed by atoms with Crippen molar-refractivity contribution >= 4 is 28.3 Å². The lowest BCUT2D eigenvalue weighted by molar-refractivity contribution is -0.128. The van der Waals surface area contributed by atoms with E-state index in [1.54, 1.807) is 6.20 Å². The number of carbonyl (C=O) groups excluding carboxylic acids is 2. The molecule has 0 unspecified atom stereocenters. The number of hydrogen-bond donors (Lipinski definition) is 1. The minimum atomic E-state index is -0.279. The summed E-state index contributed by atoms with van der Waals surface area (Å²) in [6.45, 7) is 1.34. The highest BCUT2D eigenvalue weighted by atomic mass is 32.1. The van der Waals surface area contributed by atoms with E-state index in [0.29, 0.717) is 24.0 Å². The molecule has 0 bridgehead atoms. The van der Waals surface area contributed by atoms with Crippen LogP contribution in [0.25, 0.3) is 11.4 Å². The smallest absolute Gasteiger partial charge is 0.231 e. The molecule has 2 aromatic rings. The molecule has 3 heterocycles. The van der Waals surface area contributed by atoms with Gasteiger partial charge in [-0.3, -0.25) is 14.6 Å². The average Bonchev–Trinajstić information content (AvgIpc) is 3.16. The van der Waals surface area contributed by atoms with Crippen LogP contribution >= 0.6 is 11.3 Å². The zero-order chi connectivity index (χ0) is 16.5. The van der Waals surface area contributed by atoms with Crippen molar-refractivity contribution < 1.29 is 9.59 Å². The van der Waals surface area contributed by atoms with Crippen molar-refractivity contribution in [3.8, 4) is 11.4 Å². The molecule has 0 aromatic carbocycles. The second-order valence-electron chi connectivity index (χ2n) is 6.39. The van der Waals surface area contributed by atoms with Crippen LogP contribution in [0.15, 0.2) is 29.8 Å². The first-order chi connectivity index (χ1) is 11.7. The second kappa shape index (κ2) is 6.32. The molecule has 1 N–H and O–H groups in total. The number of pyridine rings is 1. The molecule has 0 spiro atoms. The van der Waals surface area contributed by atoms with Crippen LogP contribution in [0.3, 0.4) is 0 Å². The number of carbonyl (C=O) groups is 2. The van der Waals surface area contributed by atoms with Gasteiger partial charge in [-0.25, -0.2) is 4.98 Å². The van der Waals surface area contributed by atoms with Gasteiger partial charge in [-0.05, 0) is 30.9 Å². The average molecular weight is 342 g/mol. The van der Waals surface area contributed by atoms with Gasteiger partial charge in [0.25, 0.3) is 0 Å². The van der Waals surface area contributed by atoms with E-state index in [-0.39, 0.29) is 17.7 Å². The highest BCUT2D eigenvalue weighted by molar-refractivity contribution is 7.14. The molecule has 2 fully saturated rings. The molecule has 24 heavy (non-hydrogen) atoms. The van der Waals surface area contributed by atoms with Crippen LogP contribution in [0.4, 0.5) is 5.13 Å². The van der Waals surface area contributed by atoms with Gasteiger partial charge in [-0.15, -0.1) is 11.3 Å². The predicted molar refractivity (Wildman–Crippen MR) is 91.4 cm³/mol. The molecule has 2 aromatic heterocycles. The quantitative estimate of drug-likeness (QED) is 0.905. The van der Waals surface area contributed by atoms with E-state index in [4.69, 9.17) is 0 Å². The number of aromatic nitrogens is 2. The molecule has 2 amide bonds. The van der Waals surface area contributed by atoms with Crippen molar-refractivity contribution in [3.63, 3.8) is 0 Å². The van der Waals surface area contributed by atoms with E-state index in [2.05, 4.69) is 15.3 Å². The maximum atomic E-state index is 12.4. The molecule has 2 aliphatic rings. The van der Waals surface area contributed by atoms with Gasteiger partial charge in [0, 0.05) is 31.1 Å². The van der Waals surface area contributed by atoms with Gasteiger partial charge in [-0.1, -0.05) is 6.07 Å². The number of nitrogens with one attached hydrogen (secondary N) is 1. The molecule has 1 aliphatic carbocycles. The largest absolute Gasteiger partial charge is 0.342 e. The third-order valence-electron chi connectivity index (χ3n) is 4.42. The zero-order valence-electron chi connectivity index (χ0n) is 13.1. The number of likely N-dealkylation sites (tertiary alicyclic amines) is 1. The summed E-state index contributed by atoms with van der Waals surface area (Å²) in [5, 5.41) is 5.27. The number of anilines is 1. The van der Waals surface area contributed by atoms with E-state index >= 15 is 0 Å². The van der Waals surface area contributed by atoms with E-state index in [9.17, 15) is 9.59 Å². The van der Waals surface area contributed by atoms with Crippen LogP contribution in [-0.2, 0) is 9.59 Å². The van der Waals surface area contributed by atoms with Gasteiger partial charge >= 0.3 is 0 Å². The standard InChI is InChI=1S/C17H18N4O2S/c22-15-7-12(9-21(15)8-11-4-5-11)16(23)20-17-19-14(10-24-17)13-3-1-2-6-18-13/h1-3,6,10-12H,4-5,7-9H2,(H,19,20,23)/t12-/m1/s1. The molecular formula is C17H18N4O2S. The maximum Gasteiger partial charge on any atom is 0.231 e. The Morgan fingerprint density at radius 1 is 1.33 bits per heavy atom. The van der Waals surface area contributed by atoms with Crippen LogP contribution in [-0.4, -0.2) is 39.8 Å². The van der Waals surface area contributed by atoms with Crippen LogP contribution in [0.1, 0.15) is 19.3 Å². The Kier molecular flexibility index (Phi) is 4.02. The van der Waals surface area contributed by atoms with Gasteiger partial charge in [0.1, 0.15) is 5.69 Å². The SMILES string of the molecule is O=C(Nc1nc(-c2ccccn2)cs1)[C@@H]1CC(=O)N(CC2CC2)C1. The minimum absolute atomic E-state index is 0.0929. The lowest BCUT2D eigenvalue weighted by Crippen LogP contribution is -2.29. The number of hydrogen-bond acceptors (Lipinski definition) is 5. The summed E-state index contributed by atoms with van der Waals surface area (Å²) in [5.41, 5.74) is 1.52. The summed E-state index contributed by atoms with van der Waals surface area (Å²) < 4.78 is 0. The summed E-state index contributed by atoms with van der Waals surface area (Å²) in [5.74, 6) is 0.341. The number of rotatable bonds is 5. The van der Waals surface area contributed by atoms with Crippen LogP contribution in [0.5, 0.6) is 0 Å². The van der Waals surface area contributed by atoms with Crippen LogP contribution < -0.4 is 5.32 Å². The van der Waals surface area contributed by atoms with Gasteiger partial charge in [0.05, 0.1) is 11.6 Å². The number of nitrogens with zero attached hydrogens (tertiary/aromatic N) is 3. The molecule has 6 nitrogen and oxygen atoms in total. The molecule has 1 atom stereocenters. The Morgan fingerprint density at radius 3 is 2.96 bits per heavy atom. The van der Waals surface area contributed by atoms with E-state index in [1.807, 2.05) is 28.5 Å². The van der Waals surface area contributed by atoms with Gasteiger partial charge in [0.15, 0.2) is 5.13 Å². The topological polar surface area (TPSA) is 75.2 Å². The highest BCUT2D eigenvalue weighted by Crippen LogP contribution is 2.32. The Bertz CT molecular complexity index is 757. The summed E-state index contributed by atoms with van der Waals surface area (Å²) in [7, 11) is 0. The highest BCUT2D eigenvalue weighted by Gasteiger charge is 2.37. The fraction of sp³-hybridized carbons (Fsp3) is 0.412. The Labute approximate surface area is 143 Å². The molecular weight excluding hydrogens is 324 g/mol. The van der Waals surface area contributed by atoms with Crippen LogP contribution in [0.2, 0.25) is 0 Å². The van der Waals surface area contributed by atoms with Crippen molar-refractivity contribution in [2.24, 2.45) is 11.8 Å². The summed E-state index contributed by atoms with van der Waals surface area (Å²) >= 11 is 1.37. The van der Waals surface area contributed by atoms with Crippen molar-refractivity contribution in [2.45, 2.75) is 19.3 Å².